The lowest BCUT2D eigenvalue weighted by Crippen LogP contribution is -2.44. The molecule has 8 heteroatoms. The van der Waals surface area contributed by atoms with E-state index in [-0.39, 0.29) is 4.90 Å². The van der Waals surface area contributed by atoms with E-state index in [0.29, 0.717) is 30.1 Å². The van der Waals surface area contributed by atoms with Crippen molar-refractivity contribution in [1.82, 2.24) is 13.8 Å². The summed E-state index contributed by atoms with van der Waals surface area (Å²) in [5, 5.41) is 0.783. The number of ether oxygens (including phenoxy) is 1. The van der Waals surface area contributed by atoms with Crippen LogP contribution in [0.2, 0.25) is 0 Å². The van der Waals surface area contributed by atoms with Crippen LogP contribution in [0.3, 0.4) is 0 Å². The number of halogens is 1. The Hall–Kier alpha value is -3.20. The zero-order valence-electron chi connectivity index (χ0n) is 19.6. The lowest BCUT2D eigenvalue weighted by Gasteiger charge is -2.32. The van der Waals surface area contributed by atoms with Crippen molar-refractivity contribution in [3.05, 3.63) is 95.9 Å². The summed E-state index contributed by atoms with van der Waals surface area (Å²) < 4.78 is 48.3. The second-order valence-electron chi connectivity index (χ2n) is 8.93. The lowest BCUT2D eigenvalue weighted by molar-refractivity contribution is 0.147. The van der Waals surface area contributed by atoms with Crippen molar-refractivity contribution in [3.63, 3.8) is 0 Å². The van der Waals surface area contributed by atoms with Gasteiger partial charge in [0.2, 0.25) is 0 Å². The molecule has 0 spiro atoms. The Kier molecular flexibility index (Phi) is 6.60. The summed E-state index contributed by atoms with van der Waals surface area (Å²) in [6, 6.07) is 22.2. The van der Waals surface area contributed by atoms with Gasteiger partial charge in [-0.05, 0) is 61.1 Å². The zero-order chi connectivity index (χ0) is 24.4. The molecular weight excluding hydrogens is 465 g/mol. The van der Waals surface area contributed by atoms with Gasteiger partial charge in [0, 0.05) is 43.8 Å². The molecule has 0 saturated carbocycles. The second kappa shape index (κ2) is 9.81. The first-order valence-electron chi connectivity index (χ1n) is 11.6. The second-order valence-corrected chi connectivity index (χ2v) is 10.7. The van der Waals surface area contributed by atoms with Gasteiger partial charge in [0.25, 0.3) is 10.0 Å². The highest BCUT2D eigenvalue weighted by Crippen LogP contribution is 2.30. The van der Waals surface area contributed by atoms with E-state index < -0.39 is 15.8 Å². The summed E-state index contributed by atoms with van der Waals surface area (Å²) in [6.07, 6.45) is 0. The van der Waals surface area contributed by atoms with Gasteiger partial charge in [0.05, 0.1) is 10.4 Å². The van der Waals surface area contributed by atoms with Crippen molar-refractivity contribution < 1.29 is 17.5 Å². The predicted octanol–water partition coefficient (Wildman–Crippen LogP) is 4.34. The molecule has 1 saturated heterocycles. The van der Waals surface area contributed by atoms with Crippen LogP contribution in [0.5, 0.6) is 5.75 Å². The highest BCUT2D eigenvalue weighted by atomic mass is 32.2. The molecule has 1 aliphatic heterocycles. The minimum atomic E-state index is -3.93. The molecule has 6 nitrogen and oxygen atoms in total. The fourth-order valence-electron chi connectivity index (χ4n) is 4.40. The zero-order valence-corrected chi connectivity index (χ0v) is 20.4. The van der Waals surface area contributed by atoms with Gasteiger partial charge in [0.15, 0.2) is 0 Å². The average molecular weight is 494 g/mol. The molecule has 0 N–H and O–H groups in total. The third-order valence-electron chi connectivity index (χ3n) is 6.38. The minimum absolute atomic E-state index is 0.0560. The Bertz CT molecular complexity index is 1410. The minimum Gasteiger partial charge on any atom is -0.489 e. The molecule has 0 amide bonds. The van der Waals surface area contributed by atoms with Crippen molar-refractivity contribution in [1.29, 1.82) is 0 Å². The van der Waals surface area contributed by atoms with Crippen molar-refractivity contribution >= 4 is 20.9 Å². The molecule has 0 radical (unpaired) electrons. The lowest BCUT2D eigenvalue weighted by atomic mass is 10.2. The number of hydrogen-bond acceptors (Lipinski definition) is 5. The standard InChI is InChI=1S/C27H28FN3O3S/c1-29-13-15-30(16-14-29)19-24-17-22-18-25(34-20-21-5-3-2-4-6-21)9-12-27(22)31(24)35(32,33)26-10-7-23(28)8-11-26/h2-12,17-18H,13-16,19-20H2,1H3. The monoisotopic (exact) mass is 493 g/mol. The highest BCUT2D eigenvalue weighted by molar-refractivity contribution is 7.90. The third-order valence-corrected chi connectivity index (χ3v) is 8.16. The summed E-state index contributed by atoms with van der Waals surface area (Å²) in [4.78, 5) is 4.58. The molecule has 1 aliphatic rings. The molecule has 0 bridgehead atoms. The molecule has 0 unspecified atom stereocenters. The molecular formula is C27H28FN3O3S. The van der Waals surface area contributed by atoms with Crippen molar-refractivity contribution in [3.8, 4) is 5.75 Å². The van der Waals surface area contributed by atoms with Crippen LogP contribution in [0.15, 0.2) is 83.8 Å². The highest BCUT2D eigenvalue weighted by Gasteiger charge is 2.25. The summed E-state index contributed by atoms with van der Waals surface area (Å²) in [5.74, 6) is 0.197. The summed E-state index contributed by atoms with van der Waals surface area (Å²) in [7, 11) is -1.84. The molecule has 3 aromatic carbocycles. The molecule has 35 heavy (non-hydrogen) atoms. The maximum Gasteiger partial charge on any atom is 0.268 e. The number of aromatic nitrogens is 1. The van der Waals surface area contributed by atoms with E-state index in [0.717, 1.165) is 37.1 Å². The van der Waals surface area contributed by atoms with Gasteiger partial charge in [-0.2, -0.15) is 0 Å². The maximum atomic E-state index is 13.7. The first-order valence-corrected chi connectivity index (χ1v) is 13.1. The SMILES string of the molecule is CN1CCN(Cc2cc3cc(OCc4ccccc4)ccc3n2S(=O)(=O)c2ccc(F)cc2)CC1. The van der Waals surface area contributed by atoms with Crippen LogP contribution >= 0.6 is 0 Å². The number of rotatable bonds is 7. The fraction of sp³-hybridized carbons (Fsp3) is 0.259. The molecule has 5 rings (SSSR count). The van der Waals surface area contributed by atoms with Crippen LogP contribution in [0.4, 0.5) is 4.39 Å². The Morgan fingerprint density at radius 3 is 2.31 bits per heavy atom. The molecule has 0 aliphatic carbocycles. The maximum absolute atomic E-state index is 13.7. The number of likely N-dealkylation sites (N-methyl/N-ethyl adjacent to an activating group) is 1. The molecule has 2 heterocycles. The van der Waals surface area contributed by atoms with E-state index in [1.165, 1.54) is 28.2 Å². The van der Waals surface area contributed by atoms with E-state index in [9.17, 15) is 12.8 Å². The first-order chi connectivity index (χ1) is 16.9. The summed E-state index contributed by atoms with van der Waals surface area (Å²) in [6.45, 7) is 4.52. The van der Waals surface area contributed by atoms with Gasteiger partial charge in [-0.15, -0.1) is 0 Å². The van der Waals surface area contributed by atoms with Crippen molar-refractivity contribution in [2.45, 2.75) is 18.0 Å². The summed E-state index contributed by atoms with van der Waals surface area (Å²) in [5.41, 5.74) is 2.31. The van der Waals surface area contributed by atoms with Crippen LogP contribution in [0, 0.1) is 5.82 Å². The van der Waals surface area contributed by atoms with Crippen molar-refractivity contribution in [2.75, 3.05) is 33.2 Å². The van der Waals surface area contributed by atoms with Crippen LogP contribution in [-0.2, 0) is 23.2 Å². The van der Waals surface area contributed by atoms with Crippen LogP contribution in [0.1, 0.15) is 11.3 Å². The van der Waals surface area contributed by atoms with Crippen LogP contribution < -0.4 is 4.74 Å². The Balaban J connectivity index is 1.52. The number of fused-ring (bicyclic) bond motifs is 1. The summed E-state index contributed by atoms with van der Waals surface area (Å²) >= 11 is 0. The average Bonchev–Trinajstić information content (AvgIpc) is 3.23. The number of hydrogen-bond donors (Lipinski definition) is 0. The quantitative estimate of drug-likeness (QED) is 0.383. The number of piperazine rings is 1. The van der Waals surface area contributed by atoms with Crippen LogP contribution in [-0.4, -0.2) is 55.4 Å². The smallest absolute Gasteiger partial charge is 0.268 e. The first kappa shape index (κ1) is 23.5. The van der Waals surface area contributed by atoms with Gasteiger partial charge < -0.3 is 9.64 Å². The van der Waals surface area contributed by atoms with Crippen LogP contribution in [0.25, 0.3) is 10.9 Å². The molecule has 1 aromatic heterocycles. The van der Waals surface area contributed by atoms with E-state index in [4.69, 9.17) is 4.74 Å². The Morgan fingerprint density at radius 1 is 0.886 bits per heavy atom. The van der Waals surface area contributed by atoms with E-state index in [2.05, 4.69) is 16.8 Å². The Labute approximate surface area is 205 Å². The van der Waals surface area contributed by atoms with Gasteiger partial charge in [0.1, 0.15) is 18.2 Å². The third kappa shape index (κ3) is 5.10. The largest absolute Gasteiger partial charge is 0.489 e. The topological polar surface area (TPSA) is 54.8 Å². The Morgan fingerprint density at radius 2 is 1.60 bits per heavy atom. The van der Waals surface area contributed by atoms with E-state index in [1.54, 1.807) is 12.1 Å². The number of benzene rings is 3. The van der Waals surface area contributed by atoms with E-state index in [1.807, 2.05) is 42.5 Å². The van der Waals surface area contributed by atoms with Gasteiger partial charge >= 0.3 is 0 Å². The van der Waals surface area contributed by atoms with Gasteiger partial charge in [-0.1, -0.05) is 30.3 Å². The molecule has 182 valence electrons. The number of nitrogens with zero attached hydrogens (tertiary/aromatic N) is 3. The van der Waals surface area contributed by atoms with Gasteiger partial charge in [-0.3, -0.25) is 4.90 Å². The molecule has 0 atom stereocenters. The van der Waals surface area contributed by atoms with Gasteiger partial charge in [-0.25, -0.2) is 16.8 Å². The van der Waals surface area contributed by atoms with Crippen molar-refractivity contribution in [2.24, 2.45) is 0 Å². The predicted molar refractivity (Wildman–Crippen MR) is 134 cm³/mol. The molecule has 4 aromatic rings. The fourth-order valence-corrected chi connectivity index (χ4v) is 5.93. The normalized spacial score (nSPS) is 15.5. The van der Waals surface area contributed by atoms with E-state index >= 15 is 0 Å². The molecule has 1 fully saturated rings.